The normalized spacial score (nSPS) is 11.9. The van der Waals surface area contributed by atoms with Crippen molar-refractivity contribution in [2.45, 2.75) is 26.7 Å². The third kappa shape index (κ3) is 9.62. The Balaban J connectivity index is 3.38. The molecule has 0 rings (SSSR count). The molecule has 100 valence electrons. The monoisotopic (exact) mass is 246 g/mol. The second kappa shape index (κ2) is 9.89. The summed E-state index contributed by atoms with van der Waals surface area (Å²) < 4.78 is 5.25. The summed E-state index contributed by atoms with van der Waals surface area (Å²) in [6.07, 6.45) is 2.10. The van der Waals surface area contributed by atoms with Crippen molar-refractivity contribution >= 4 is 12.0 Å². The number of ether oxygens (including phenoxy) is 1. The first kappa shape index (κ1) is 15.7. The summed E-state index contributed by atoms with van der Waals surface area (Å²) in [6.45, 7) is 5.35. The van der Waals surface area contributed by atoms with Gasteiger partial charge >= 0.3 is 12.0 Å². The van der Waals surface area contributed by atoms with Crippen molar-refractivity contribution in [3.63, 3.8) is 0 Å². The van der Waals surface area contributed by atoms with Gasteiger partial charge in [-0.1, -0.05) is 20.3 Å². The Morgan fingerprint density at radius 3 is 2.59 bits per heavy atom. The van der Waals surface area contributed by atoms with Crippen LogP contribution in [0.25, 0.3) is 0 Å². The Labute approximate surface area is 102 Å². The number of nitrogens with one attached hydrogen (secondary N) is 2. The molecule has 0 aromatic heterocycles. The average Bonchev–Trinajstić information content (AvgIpc) is 2.30. The van der Waals surface area contributed by atoms with E-state index in [1.807, 2.05) is 0 Å². The Morgan fingerprint density at radius 2 is 2.00 bits per heavy atom. The van der Waals surface area contributed by atoms with Crippen LogP contribution in [0.3, 0.4) is 0 Å². The van der Waals surface area contributed by atoms with Gasteiger partial charge in [-0.15, -0.1) is 0 Å². The van der Waals surface area contributed by atoms with E-state index in [2.05, 4.69) is 17.6 Å². The zero-order valence-corrected chi connectivity index (χ0v) is 10.5. The minimum Gasteiger partial charge on any atom is -0.481 e. The number of carboxylic acids is 1. The van der Waals surface area contributed by atoms with Crippen molar-refractivity contribution in [1.29, 1.82) is 0 Å². The van der Waals surface area contributed by atoms with E-state index in [-0.39, 0.29) is 12.6 Å². The minimum absolute atomic E-state index is 0.123. The van der Waals surface area contributed by atoms with Crippen LogP contribution < -0.4 is 10.6 Å². The number of hydrogen-bond donors (Lipinski definition) is 3. The highest BCUT2D eigenvalue weighted by atomic mass is 16.5. The van der Waals surface area contributed by atoms with Crippen LogP contribution in [0.15, 0.2) is 0 Å². The van der Waals surface area contributed by atoms with Gasteiger partial charge in [0.15, 0.2) is 0 Å². The number of carbonyl (C=O) groups is 2. The third-order valence-corrected chi connectivity index (χ3v) is 2.16. The summed E-state index contributed by atoms with van der Waals surface area (Å²) in [5.74, 6) is -1.50. The smallest absolute Gasteiger partial charge is 0.314 e. The molecule has 3 N–H and O–H groups in total. The number of carboxylic acid groups (broad SMARTS) is 1. The summed E-state index contributed by atoms with van der Waals surface area (Å²) in [4.78, 5) is 21.7. The highest BCUT2D eigenvalue weighted by molar-refractivity contribution is 5.75. The molecule has 0 saturated heterocycles. The van der Waals surface area contributed by atoms with Crippen molar-refractivity contribution < 1.29 is 19.4 Å². The Bertz CT molecular complexity index is 234. The Morgan fingerprint density at radius 1 is 1.29 bits per heavy atom. The van der Waals surface area contributed by atoms with E-state index < -0.39 is 11.9 Å². The summed E-state index contributed by atoms with van der Waals surface area (Å²) >= 11 is 0. The van der Waals surface area contributed by atoms with Gasteiger partial charge in [-0.2, -0.15) is 0 Å². The molecule has 1 unspecified atom stereocenters. The van der Waals surface area contributed by atoms with Crippen molar-refractivity contribution in [1.82, 2.24) is 10.6 Å². The predicted molar refractivity (Wildman–Crippen MR) is 63.9 cm³/mol. The standard InChI is InChI=1S/C11H22N2O4/c1-3-4-6-17-7-5-12-11(16)13-8-9(2)10(14)15/h9H,3-8H2,1-2H3,(H,14,15)(H2,12,13,16). The second-order valence-electron chi connectivity index (χ2n) is 3.84. The Hall–Kier alpha value is -1.30. The molecule has 6 nitrogen and oxygen atoms in total. The quantitative estimate of drug-likeness (QED) is 0.526. The van der Waals surface area contributed by atoms with Crippen LogP contribution >= 0.6 is 0 Å². The van der Waals surface area contributed by atoms with Gasteiger partial charge in [0.1, 0.15) is 0 Å². The van der Waals surface area contributed by atoms with E-state index in [0.717, 1.165) is 12.8 Å². The van der Waals surface area contributed by atoms with E-state index in [4.69, 9.17) is 9.84 Å². The Kier molecular flexibility index (Phi) is 9.14. The van der Waals surface area contributed by atoms with E-state index in [1.165, 1.54) is 6.92 Å². The number of hydrogen-bond acceptors (Lipinski definition) is 3. The van der Waals surface area contributed by atoms with E-state index in [9.17, 15) is 9.59 Å². The zero-order valence-electron chi connectivity index (χ0n) is 10.5. The first-order valence-electron chi connectivity index (χ1n) is 5.90. The third-order valence-electron chi connectivity index (χ3n) is 2.16. The highest BCUT2D eigenvalue weighted by Crippen LogP contribution is 1.90. The first-order valence-corrected chi connectivity index (χ1v) is 5.90. The van der Waals surface area contributed by atoms with E-state index in [0.29, 0.717) is 19.8 Å². The van der Waals surface area contributed by atoms with Crippen LogP contribution in [0.4, 0.5) is 4.79 Å². The summed E-state index contributed by atoms with van der Waals surface area (Å²) in [7, 11) is 0. The summed E-state index contributed by atoms with van der Waals surface area (Å²) in [6, 6.07) is -0.364. The van der Waals surface area contributed by atoms with Crippen LogP contribution in [0.2, 0.25) is 0 Å². The van der Waals surface area contributed by atoms with Crippen LogP contribution in [0.1, 0.15) is 26.7 Å². The van der Waals surface area contributed by atoms with Crippen LogP contribution in [-0.4, -0.2) is 43.4 Å². The number of urea groups is 1. The molecule has 0 aliphatic rings. The molecule has 6 heteroatoms. The minimum atomic E-state index is -0.923. The molecule has 0 bridgehead atoms. The van der Waals surface area contributed by atoms with Crippen LogP contribution in [0.5, 0.6) is 0 Å². The number of rotatable bonds is 9. The van der Waals surface area contributed by atoms with Gasteiger partial charge in [-0.3, -0.25) is 4.79 Å². The van der Waals surface area contributed by atoms with E-state index in [1.54, 1.807) is 0 Å². The van der Waals surface area contributed by atoms with Gasteiger partial charge < -0.3 is 20.5 Å². The molecular weight excluding hydrogens is 224 g/mol. The second-order valence-corrected chi connectivity index (χ2v) is 3.84. The highest BCUT2D eigenvalue weighted by Gasteiger charge is 2.11. The van der Waals surface area contributed by atoms with Crippen molar-refractivity contribution in [2.75, 3.05) is 26.3 Å². The van der Waals surface area contributed by atoms with Gasteiger partial charge in [0.05, 0.1) is 12.5 Å². The van der Waals surface area contributed by atoms with Crippen molar-refractivity contribution in [2.24, 2.45) is 5.92 Å². The number of carbonyl (C=O) groups excluding carboxylic acids is 1. The predicted octanol–water partition coefficient (Wildman–Crippen LogP) is 0.823. The molecular formula is C11H22N2O4. The lowest BCUT2D eigenvalue weighted by Crippen LogP contribution is -2.40. The molecule has 0 spiro atoms. The fraction of sp³-hybridized carbons (Fsp3) is 0.818. The first-order chi connectivity index (χ1) is 8.07. The maximum atomic E-state index is 11.2. The molecule has 0 saturated carbocycles. The van der Waals surface area contributed by atoms with Gasteiger partial charge in [0, 0.05) is 19.7 Å². The largest absolute Gasteiger partial charge is 0.481 e. The lowest BCUT2D eigenvalue weighted by atomic mass is 10.2. The zero-order chi connectivity index (χ0) is 13.1. The molecule has 17 heavy (non-hydrogen) atoms. The van der Waals surface area contributed by atoms with Gasteiger partial charge in [0.2, 0.25) is 0 Å². The van der Waals surface area contributed by atoms with Crippen LogP contribution in [0, 0.1) is 5.92 Å². The van der Waals surface area contributed by atoms with Gasteiger partial charge in [0.25, 0.3) is 0 Å². The number of aliphatic carboxylic acids is 1. The van der Waals surface area contributed by atoms with Gasteiger partial charge in [-0.25, -0.2) is 4.79 Å². The van der Waals surface area contributed by atoms with Crippen LogP contribution in [-0.2, 0) is 9.53 Å². The molecule has 0 heterocycles. The topological polar surface area (TPSA) is 87.7 Å². The summed E-state index contributed by atoms with van der Waals surface area (Å²) in [5.41, 5.74) is 0. The maximum absolute atomic E-state index is 11.2. The van der Waals surface area contributed by atoms with E-state index >= 15 is 0 Å². The SMILES string of the molecule is CCCCOCCNC(=O)NCC(C)C(=O)O. The molecule has 0 aromatic carbocycles. The van der Waals surface area contributed by atoms with Gasteiger partial charge in [-0.05, 0) is 6.42 Å². The molecule has 0 radical (unpaired) electrons. The molecule has 0 aromatic rings. The lowest BCUT2D eigenvalue weighted by Gasteiger charge is -2.10. The lowest BCUT2D eigenvalue weighted by molar-refractivity contribution is -0.140. The fourth-order valence-electron chi connectivity index (χ4n) is 0.981. The molecule has 2 amide bonds. The average molecular weight is 246 g/mol. The van der Waals surface area contributed by atoms with Crippen molar-refractivity contribution in [3.05, 3.63) is 0 Å². The van der Waals surface area contributed by atoms with Crippen molar-refractivity contribution in [3.8, 4) is 0 Å². The fourth-order valence-corrected chi connectivity index (χ4v) is 0.981. The molecule has 1 atom stereocenters. The number of unbranched alkanes of at least 4 members (excludes halogenated alkanes) is 1. The summed E-state index contributed by atoms with van der Waals surface area (Å²) in [5, 5.41) is 13.7. The molecule has 0 aliphatic carbocycles. The molecule has 0 aliphatic heterocycles. The number of amides is 2. The molecule has 0 fully saturated rings. The maximum Gasteiger partial charge on any atom is 0.314 e.